The summed E-state index contributed by atoms with van der Waals surface area (Å²) in [5.41, 5.74) is 0. The van der Waals surface area contributed by atoms with E-state index in [0.717, 1.165) is 0 Å². The molecule has 3 nitrogen and oxygen atoms in total. The fourth-order valence-electron chi connectivity index (χ4n) is 0.484. The Morgan fingerprint density at radius 1 is 1.64 bits per heavy atom. The molecular formula is C8H16NO2. The van der Waals surface area contributed by atoms with Crippen LogP contribution in [0.2, 0.25) is 0 Å². The number of rotatable bonds is 4. The van der Waals surface area contributed by atoms with Crippen LogP contribution in [0, 0.1) is 12.8 Å². The van der Waals surface area contributed by atoms with Gasteiger partial charge in [-0.1, -0.05) is 20.8 Å². The van der Waals surface area contributed by atoms with E-state index in [4.69, 9.17) is 4.74 Å². The van der Waals surface area contributed by atoms with Gasteiger partial charge in [-0.3, -0.25) is 0 Å². The molecule has 11 heavy (non-hydrogen) atoms. The van der Waals surface area contributed by atoms with Gasteiger partial charge >= 0.3 is 6.09 Å². The zero-order valence-electron chi connectivity index (χ0n) is 7.22. The van der Waals surface area contributed by atoms with Crippen molar-refractivity contribution in [1.29, 1.82) is 0 Å². The second-order valence-corrected chi connectivity index (χ2v) is 2.77. The predicted molar refractivity (Wildman–Crippen MR) is 44.2 cm³/mol. The zero-order chi connectivity index (χ0) is 8.69. The minimum absolute atomic E-state index is 0.345. The van der Waals surface area contributed by atoms with Crippen LogP contribution in [-0.2, 0) is 4.74 Å². The summed E-state index contributed by atoms with van der Waals surface area (Å²) in [5.74, 6) is 0.389. The predicted octanol–water partition coefficient (Wildman–Crippen LogP) is 1.59. The molecule has 1 N–H and O–H groups in total. The van der Waals surface area contributed by atoms with Gasteiger partial charge in [0.2, 0.25) is 0 Å². The third-order valence-electron chi connectivity index (χ3n) is 0.994. The van der Waals surface area contributed by atoms with E-state index in [0.29, 0.717) is 25.5 Å². The molecule has 3 heteroatoms. The average molecular weight is 158 g/mol. The molecule has 0 aromatic rings. The first-order valence-electron chi connectivity index (χ1n) is 3.86. The third kappa shape index (κ3) is 7.16. The van der Waals surface area contributed by atoms with Crippen molar-refractivity contribution < 1.29 is 9.53 Å². The Kier molecular flexibility index (Phi) is 5.61. The van der Waals surface area contributed by atoms with Crippen LogP contribution in [0.5, 0.6) is 0 Å². The molecule has 0 rings (SSSR count). The topological polar surface area (TPSA) is 38.3 Å². The van der Waals surface area contributed by atoms with Crippen molar-refractivity contribution in [3.05, 3.63) is 6.92 Å². The Labute approximate surface area is 68.1 Å². The molecule has 0 aromatic carbocycles. The molecule has 0 bridgehead atoms. The van der Waals surface area contributed by atoms with Gasteiger partial charge in [0.15, 0.2) is 0 Å². The Hall–Kier alpha value is -0.730. The van der Waals surface area contributed by atoms with Crippen LogP contribution in [0.3, 0.4) is 0 Å². The maximum Gasteiger partial charge on any atom is 0.407 e. The van der Waals surface area contributed by atoms with E-state index in [1.165, 1.54) is 0 Å². The maximum absolute atomic E-state index is 10.7. The molecule has 0 unspecified atom stereocenters. The smallest absolute Gasteiger partial charge is 0.407 e. The van der Waals surface area contributed by atoms with Crippen LogP contribution in [0.4, 0.5) is 4.79 Å². The minimum atomic E-state index is -0.345. The molecule has 0 aliphatic heterocycles. The molecule has 0 atom stereocenters. The first-order chi connectivity index (χ1) is 5.16. The summed E-state index contributed by atoms with van der Waals surface area (Å²) in [6.45, 7) is 8.63. The summed E-state index contributed by atoms with van der Waals surface area (Å²) < 4.78 is 4.83. The standard InChI is InChI=1S/C8H16NO2/c1-4-5-9-8(10)11-6-7(2)3/h7H,1,4-6H2,2-3H3,(H,9,10). The number of carbonyl (C=O) groups is 1. The van der Waals surface area contributed by atoms with Crippen LogP contribution < -0.4 is 5.32 Å². The van der Waals surface area contributed by atoms with Crippen LogP contribution in [-0.4, -0.2) is 19.2 Å². The Balaban J connectivity index is 3.23. The summed E-state index contributed by atoms with van der Waals surface area (Å²) in [5, 5.41) is 2.56. The first-order valence-corrected chi connectivity index (χ1v) is 3.86. The van der Waals surface area contributed by atoms with Gasteiger partial charge in [-0.2, -0.15) is 0 Å². The van der Waals surface area contributed by atoms with E-state index in [-0.39, 0.29) is 6.09 Å². The first kappa shape index (κ1) is 10.3. The average Bonchev–Trinajstić information content (AvgIpc) is 1.97. The monoisotopic (exact) mass is 158 g/mol. The van der Waals surface area contributed by atoms with Crippen molar-refractivity contribution in [2.24, 2.45) is 5.92 Å². The lowest BCUT2D eigenvalue weighted by Crippen LogP contribution is -2.26. The number of hydrogen-bond acceptors (Lipinski definition) is 2. The molecule has 0 heterocycles. The Bertz CT molecular complexity index is 113. The van der Waals surface area contributed by atoms with Crippen molar-refractivity contribution in [2.75, 3.05) is 13.2 Å². The number of hydrogen-bond donors (Lipinski definition) is 1. The largest absolute Gasteiger partial charge is 0.449 e. The van der Waals surface area contributed by atoms with Crippen molar-refractivity contribution in [3.63, 3.8) is 0 Å². The molecule has 0 fully saturated rings. The number of ether oxygens (including phenoxy) is 1. The van der Waals surface area contributed by atoms with E-state index >= 15 is 0 Å². The van der Waals surface area contributed by atoms with E-state index in [9.17, 15) is 4.79 Å². The zero-order valence-corrected chi connectivity index (χ0v) is 7.22. The van der Waals surface area contributed by atoms with E-state index in [1.54, 1.807) is 0 Å². The summed E-state index contributed by atoms with van der Waals surface area (Å²) in [6, 6.07) is 0. The fourth-order valence-corrected chi connectivity index (χ4v) is 0.484. The highest BCUT2D eigenvalue weighted by atomic mass is 16.5. The summed E-state index contributed by atoms with van der Waals surface area (Å²) in [7, 11) is 0. The lowest BCUT2D eigenvalue weighted by molar-refractivity contribution is 0.133. The summed E-state index contributed by atoms with van der Waals surface area (Å²) in [6.07, 6.45) is 0.346. The van der Waals surface area contributed by atoms with Gasteiger partial charge in [-0.15, -0.1) is 0 Å². The quantitative estimate of drug-likeness (QED) is 0.674. The van der Waals surface area contributed by atoms with E-state index in [1.807, 2.05) is 13.8 Å². The summed E-state index contributed by atoms with van der Waals surface area (Å²) in [4.78, 5) is 10.7. The normalized spacial score (nSPS) is 9.82. The van der Waals surface area contributed by atoms with E-state index < -0.39 is 0 Å². The van der Waals surface area contributed by atoms with Gasteiger partial charge in [-0.05, 0) is 12.3 Å². The molecule has 65 valence electrons. The number of alkyl carbamates (subject to hydrolysis) is 1. The highest BCUT2D eigenvalue weighted by molar-refractivity contribution is 5.66. The van der Waals surface area contributed by atoms with Crippen molar-refractivity contribution in [1.82, 2.24) is 5.32 Å². The van der Waals surface area contributed by atoms with Crippen molar-refractivity contribution >= 4 is 6.09 Å². The van der Waals surface area contributed by atoms with Crippen molar-refractivity contribution in [3.8, 4) is 0 Å². The molecule has 0 aliphatic carbocycles. The van der Waals surface area contributed by atoms with Crippen molar-refractivity contribution in [2.45, 2.75) is 20.3 Å². The van der Waals surface area contributed by atoms with Crippen LogP contribution >= 0.6 is 0 Å². The van der Waals surface area contributed by atoms with Gasteiger partial charge in [0.05, 0.1) is 6.61 Å². The Morgan fingerprint density at radius 2 is 2.27 bits per heavy atom. The Morgan fingerprint density at radius 3 is 2.73 bits per heavy atom. The molecule has 0 saturated carbocycles. The lowest BCUT2D eigenvalue weighted by Gasteiger charge is -2.07. The third-order valence-corrected chi connectivity index (χ3v) is 0.994. The summed E-state index contributed by atoms with van der Waals surface area (Å²) >= 11 is 0. The molecule has 1 radical (unpaired) electrons. The lowest BCUT2D eigenvalue weighted by atomic mass is 10.2. The molecule has 0 aromatic heterocycles. The molecule has 0 saturated heterocycles. The van der Waals surface area contributed by atoms with Crippen LogP contribution in [0.25, 0.3) is 0 Å². The SMILES string of the molecule is [CH2]CCNC(=O)OCC(C)C. The number of amides is 1. The van der Waals surface area contributed by atoms with E-state index in [2.05, 4.69) is 12.2 Å². The fraction of sp³-hybridized carbons (Fsp3) is 0.750. The maximum atomic E-state index is 10.7. The van der Waals surface area contributed by atoms with Gasteiger partial charge < -0.3 is 10.1 Å². The van der Waals surface area contributed by atoms with Gasteiger partial charge in [0.1, 0.15) is 0 Å². The number of carbonyl (C=O) groups excluding carboxylic acids is 1. The van der Waals surface area contributed by atoms with Gasteiger partial charge in [-0.25, -0.2) is 4.79 Å². The molecule has 0 aliphatic rings. The van der Waals surface area contributed by atoms with Crippen LogP contribution in [0.15, 0.2) is 0 Å². The minimum Gasteiger partial charge on any atom is -0.449 e. The van der Waals surface area contributed by atoms with Gasteiger partial charge in [0, 0.05) is 6.54 Å². The molecule has 1 amide bonds. The van der Waals surface area contributed by atoms with Crippen LogP contribution in [0.1, 0.15) is 20.3 Å². The molecular weight excluding hydrogens is 142 g/mol. The number of nitrogens with one attached hydrogen (secondary N) is 1. The molecule has 0 spiro atoms. The second kappa shape index (κ2) is 6.01. The highest BCUT2D eigenvalue weighted by Crippen LogP contribution is 1.92. The second-order valence-electron chi connectivity index (χ2n) is 2.77. The highest BCUT2D eigenvalue weighted by Gasteiger charge is 2.00. The van der Waals surface area contributed by atoms with Gasteiger partial charge in [0.25, 0.3) is 0 Å².